The van der Waals surface area contributed by atoms with Crippen molar-refractivity contribution in [3.63, 3.8) is 0 Å². The number of aromatic nitrogens is 1. The van der Waals surface area contributed by atoms with Gasteiger partial charge < -0.3 is 9.15 Å². The quantitative estimate of drug-likeness (QED) is 0.341. The highest BCUT2D eigenvalue weighted by Crippen LogP contribution is 2.27. The van der Waals surface area contributed by atoms with Gasteiger partial charge in [0.25, 0.3) is 5.91 Å². The van der Waals surface area contributed by atoms with Gasteiger partial charge in [0.05, 0.1) is 20.8 Å². The number of esters is 1. The first kappa shape index (κ1) is 19.8. The van der Waals surface area contributed by atoms with Crippen LogP contribution < -0.4 is 5.32 Å². The number of carbonyl (C=O) groups is 3. The second kappa shape index (κ2) is 8.48. The van der Waals surface area contributed by atoms with Crippen molar-refractivity contribution < 1.29 is 23.5 Å². The summed E-state index contributed by atoms with van der Waals surface area (Å²) in [7, 11) is 0. The summed E-state index contributed by atoms with van der Waals surface area (Å²) >= 11 is 7.43. The minimum absolute atomic E-state index is 0.0750. The van der Waals surface area contributed by atoms with E-state index in [-0.39, 0.29) is 16.3 Å². The average Bonchev–Trinajstić information content (AvgIpc) is 3.38. The Balaban J connectivity index is 1.42. The zero-order valence-electron chi connectivity index (χ0n) is 15.3. The molecular weight excluding hydrogens is 428 g/mol. The molecule has 4 rings (SSSR count). The molecule has 7 nitrogen and oxygen atoms in total. The number of hydrogen-bond acceptors (Lipinski definition) is 7. The van der Waals surface area contributed by atoms with Crippen molar-refractivity contribution in [2.45, 2.75) is 0 Å². The fourth-order valence-corrected chi connectivity index (χ4v) is 3.77. The topological polar surface area (TPSA) is 98.5 Å². The van der Waals surface area contributed by atoms with Crippen molar-refractivity contribution in [2.24, 2.45) is 0 Å². The molecule has 0 radical (unpaired) electrons. The van der Waals surface area contributed by atoms with Gasteiger partial charge in [-0.05, 0) is 42.5 Å². The third-order valence-electron chi connectivity index (χ3n) is 4.09. The Morgan fingerprint density at radius 1 is 1.17 bits per heavy atom. The molecule has 2 aromatic carbocycles. The molecule has 4 aromatic rings. The summed E-state index contributed by atoms with van der Waals surface area (Å²) in [4.78, 5) is 39.6. The lowest BCUT2D eigenvalue weighted by Gasteiger charge is -2.07. The van der Waals surface area contributed by atoms with Crippen molar-refractivity contribution in [1.29, 1.82) is 0 Å². The fraction of sp³-hybridized carbons (Fsp3) is 0.0476. The van der Waals surface area contributed by atoms with Crippen LogP contribution in [0, 0.1) is 0 Å². The number of nitrogens with one attached hydrogen (secondary N) is 1. The standard InChI is InChI=1S/C21H13ClN2O5S/c22-15-7-5-12(17-8-6-13(10-25)29-17)9-14(15)20(27)28-11-19(26)24-21-23-16-3-1-2-4-18(16)30-21/h1-10H,11H2,(H,23,24,26). The van der Waals surface area contributed by atoms with Gasteiger partial charge in [-0.3, -0.25) is 14.9 Å². The number of furan rings is 1. The van der Waals surface area contributed by atoms with E-state index in [4.69, 9.17) is 20.8 Å². The molecule has 0 aliphatic heterocycles. The van der Waals surface area contributed by atoms with Gasteiger partial charge in [-0.1, -0.05) is 35.1 Å². The van der Waals surface area contributed by atoms with Crippen LogP contribution in [0.5, 0.6) is 0 Å². The lowest BCUT2D eigenvalue weighted by Crippen LogP contribution is -2.21. The molecule has 0 fully saturated rings. The Morgan fingerprint density at radius 3 is 2.77 bits per heavy atom. The van der Waals surface area contributed by atoms with Crippen LogP contribution in [0.4, 0.5) is 5.13 Å². The van der Waals surface area contributed by atoms with E-state index in [2.05, 4.69) is 10.3 Å². The Bertz CT molecular complexity index is 1230. The maximum Gasteiger partial charge on any atom is 0.340 e. The summed E-state index contributed by atoms with van der Waals surface area (Å²) in [5.41, 5.74) is 1.39. The third-order valence-corrected chi connectivity index (χ3v) is 5.37. The van der Waals surface area contributed by atoms with E-state index >= 15 is 0 Å². The molecule has 0 aliphatic rings. The van der Waals surface area contributed by atoms with Crippen molar-refractivity contribution >= 4 is 56.4 Å². The number of rotatable bonds is 6. The third kappa shape index (κ3) is 4.24. The van der Waals surface area contributed by atoms with Crippen LogP contribution in [0.3, 0.4) is 0 Å². The Labute approximate surface area is 179 Å². The van der Waals surface area contributed by atoms with Crippen LogP contribution in [0.2, 0.25) is 5.02 Å². The Kier molecular flexibility index (Phi) is 5.60. The molecule has 0 saturated carbocycles. The molecule has 1 N–H and O–H groups in total. The largest absolute Gasteiger partial charge is 0.453 e. The first-order valence-corrected chi connectivity index (χ1v) is 9.90. The number of fused-ring (bicyclic) bond motifs is 1. The smallest absolute Gasteiger partial charge is 0.340 e. The van der Waals surface area contributed by atoms with E-state index < -0.39 is 18.5 Å². The van der Waals surface area contributed by atoms with Crippen molar-refractivity contribution in [3.05, 3.63) is 70.9 Å². The Morgan fingerprint density at radius 2 is 2.00 bits per heavy atom. The van der Waals surface area contributed by atoms with E-state index in [0.29, 0.717) is 22.7 Å². The SMILES string of the molecule is O=Cc1ccc(-c2ccc(Cl)c(C(=O)OCC(=O)Nc3nc4ccccc4s3)c2)o1. The molecule has 30 heavy (non-hydrogen) atoms. The van der Waals surface area contributed by atoms with Crippen LogP contribution >= 0.6 is 22.9 Å². The monoisotopic (exact) mass is 440 g/mol. The molecule has 1 amide bonds. The van der Waals surface area contributed by atoms with E-state index in [1.807, 2.05) is 24.3 Å². The minimum atomic E-state index is -0.761. The van der Waals surface area contributed by atoms with Gasteiger partial charge in [0, 0.05) is 5.56 Å². The van der Waals surface area contributed by atoms with Gasteiger partial charge >= 0.3 is 5.97 Å². The summed E-state index contributed by atoms with van der Waals surface area (Å²) in [6.07, 6.45) is 0.582. The van der Waals surface area contributed by atoms with Gasteiger partial charge in [0.15, 0.2) is 23.8 Å². The van der Waals surface area contributed by atoms with Gasteiger partial charge in [0.2, 0.25) is 0 Å². The molecule has 2 aromatic heterocycles. The average molecular weight is 441 g/mol. The summed E-state index contributed by atoms with van der Waals surface area (Å²) in [5.74, 6) is -0.716. The molecule has 0 bridgehead atoms. The number of carbonyl (C=O) groups excluding carboxylic acids is 3. The number of amides is 1. The molecule has 0 atom stereocenters. The lowest BCUT2D eigenvalue weighted by molar-refractivity contribution is -0.119. The van der Waals surface area contributed by atoms with Gasteiger partial charge in [-0.15, -0.1) is 0 Å². The predicted octanol–water partition coefficient (Wildman–Crippen LogP) is 4.82. The number of nitrogens with zero attached hydrogens (tertiary/aromatic N) is 1. The fourth-order valence-electron chi connectivity index (χ4n) is 2.70. The number of thiazole rings is 1. The van der Waals surface area contributed by atoms with Crippen LogP contribution in [-0.2, 0) is 9.53 Å². The zero-order valence-corrected chi connectivity index (χ0v) is 16.8. The summed E-state index contributed by atoms with van der Waals surface area (Å²) in [5, 5.41) is 3.19. The van der Waals surface area contributed by atoms with Crippen molar-refractivity contribution in [3.8, 4) is 11.3 Å². The Hall–Kier alpha value is -3.49. The lowest BCUT2D eigenvalue weighted by atomic mass is 10.1. The highest BCUT2D eigenvalue weighted by Gasteiger charge is 2.17. The predicted molar refractivity (Wildman–Crippen MR) is 113 cm³/mol. The first-order valence-electron chi connectivity index (χ1n) is 8.71. The van der Waals surface area contributed by atoms with E-state index in [1.54, 1.807) is 12.1 Å². The number of halogens is 1. The first-order chi connectivity index (χ1) is 14.5. The van der Waals surface area contributed by atoms with Crippen LogP contribution in [0.1, 0.15) is 20.9 Å². The number of benzene rings is 2. The normalized spacial score (nSPS) is 10.7. The molecule has 0 spiro atoms. The summed E-state index contributed by atoms with van der Waals surface area (Å²) in [6.45, 7) is -0.495. The van der Waals surface area contributed by atoms with Gasteiger partial charge in [-0.25, -0.2) is 9.78 Å². The van der Waals surface area contributed by atoms with Crippen LogP contribution in [0.15, 0.2) is 59.0 Å². The molecule has 9 heteroatoms. The van der Waals surface area contributed by atoms with Crippen molar-refractivity contribution in [2.75, 3.05) is 11.9 Å². The summed E-state index contributed by atoms with van der Waals surface area (Å²) < 4.78 is 11.4. The van der Waals surface area contributed by atoms with Gasteiger partial charge in [0.1, 0.15) is 5.76 Å². The molecule has 0 saturated heterocycles. The number of ether oxygens (including phenoxy) is 1. The molecule has 0 aliphatic carbocycles. The number of hydrogen-bond donors (Lipinski definition) is 1. The number of para-hydroxylation sites is 1. The highest BCUT2D eigenvalue weighted by molar-refractivity contribution is 7.22. The molecular formula is C21H13ClN2O5S. The number of anilines is 1. The van der Waals surface area contributed by atoms with Crippen molar-refractivity contribution in [1.82, 2.24) is 4.98 Å². The highest BCUT2D eigenvalue weighted by atomic mass is 35.5. The maximum absolute atomic E-state index is 12.4. The molecule has 0 unspecified atom stereocenters. The molecule has 150 valence electrons. The second-order valence-corrected chi connectivity index (χ2v) is 7.56. The maximum atomic E-state index is 12.4. The van der Waals surface area contributed by atoms with E-state index in [9.17, 15) is 14.4 Å². The minimum Gasteiger partial charge on any atom is -0.453 e. The van der Waals surface area contributed by atoms with Crippen LogP contribution in [0.25, 0.3) is 21.5 Å². The summed E-state index contributed by atoms with van der Waals surface area (Å²) in [6, 6.07) is 15.2. The number of aldehydes is 1. The molecule has 2 heterocycles. The zero-order chi connectivity index (χ0) is 21.1. The van der Waals surface area contributed by atoms with E-state index in [0.717, 1.165) is 10.2 Å². The van der Waals surface area contributed by atoms with Gasteiger partial charge in [-0.2, -0.15) is 0 Å². The van der Waals surface area contributed by atoms with E-state index in [1.165, 1.54) is 29.5 Å². The second-order valence-electron chi connectivity index (χ2n) is 6.13. The van der Waals surface area contributed by atoms with Crippen LogP contribution in [-0.4, -0.2) is 29.8 Å².